The molecule has 0 spiro atoms. The summed E-state index contributed by atoms with van der Waals surface area (Å²) in [6.45, 7) is 0.258. The van der Waals surface area contributed by atoms with E-state index < -0.39 is 17.8 Å². The first-order valence-corrected chi connectivity index (χ1v) is 13.1. The molecule has 9 heteroatoms. The van der Waals surface area contributed by atoms with Gasteiger partial charge >= 0.3 is 5.97 Å². The van der Waals surface area contributed by atoms with Crippen molar-refractivity contribution in [2.24, 2.45) is 5.73 Å². The van der Waals surface area contributed by atoms with E-state index in [-0.39, 0.29) is 24.7 Å². The summed E-state index contributed by atoms with van der Waals surface area (Å²) in [4.78, 5) is 37.6. The van der Waals surface area contributed by atoms with Crippen LogP contribution in [-0.2, 0) is 11.3 Å². The molecule has 2 amide bonds. The highest BCUT2D eigenvalue weighted by atomic mass is 16.7. The van der Waals surface area contributed by atoms with Crippen LogP contribution in [0.15, 0.2) is 97.1 Å². The van der Waals surface area contributed by atoms with Gasteiger partial charge in [-0.15, -0.1) is 0 Å². The molecule has 208 valence electrons. The molecule has 1 aromatic heterocycles. The number of nitrogens with one attached hydrogen (secondary N) is 1. The van der Waals surface area contributed by atoms with E-state index in [9.17, 15) is 19.5 Å². The number of aromatic carboxylic acids is 1. The predicted octanol–water partition coefficient (Wildman–Crippen LogP) is 5.53. The fraction of sp³-hybridized carbons (Fsp3) is 0.0606. The molecule has 0 unspecified atom stereocenters. The van der Waals surface area contributed by atoms with Crippen LogP contribution in [0.4, 0.5) is 5.69 Å². The Morgan fingerprint density at radius 1 is 0.881 bits per heavy atom. The number of primary amides is 1. The Bertz CT molecular complexity index is 1890. The molecule has 0 saturated carbocycles. The lowest BCUT2D eigenvalue weighted by Crippen LogP contribution is -2.15. The van der Waals surface area contributed by atoms with Gasteiger partial charge in [-0.25, -0.2) is 4.79 Å². The number of carbonyl (C=O) groups excluding carboxylic acids is 2. The van der Waals surface area contributed by atoms with Crippen LogP contribution in [0.2, 0.25) is 0 Å². The highest BCUT2D eigenvalue weighted by Gasteiger charge is 2.25. The molecule has 4 aromatic carbocycles. The fourth-order valence-electron chi connectivity index (χ4n) is 5.02. The van der Waals surface area contributed by atoms with E-state index in [2.05, 4.69) is 5.32 Å². The minimum atomic E-state index is -1.22. The van der Waals surface area contributed by atoms with Crippen LogP contribution < -0.4 is 20.5 Å². The standard InChI is InChI=1S/C33H25N3O6/c34-32(38)24-8-4-7-21(15-24)18-36-26-16-22(23-11-13-27-28(17-23)42-19-41-27)10-12-25(26)30(31(36)33(39)40)35-29(37)14-9-20-5-2-1-3-6-20/h1-17H,18-19H2,(H2,34,38)(H,35,37)(H,39,40)/b14-9+. The van der Waals surface area contributed by atoms with Crippen molar-refractivity contribution >= 4 is 40.4 Å². The van der Waals surface area contributed by atoms with E-state index in [1.807, 2.05) is 60.7 Å². The van der Waals surface area contributed by atoms with Crippen molar-refractivity contribution in [2.75, 3.05) is 12.1 Å². The molecular formula is C33H25N3O6. The number of carboxylic acids is 1. The van der Waals surface area contributed by atoms with Gasteiger partial charge in [0.05, 0.1) is 11.2 Å². The number of hydrogen-bond acceptors (Lipinski definition) is 5. The molecule has 1 aliphatic heterocycles. The summed E-state index contributed by atoms with van der Waals surface area (Å²) in [7, 11) is 0. The van der Waals surface area contributed by atoms with E-state index in [1.165, 1.54) is 6.08 Å². The van der Waals surface area contributed by atoms with E-state index in [0.29, 0.717) is 33.5 Å². The van der Waals surface area contributed by atoms with Crippen LogP contribution in [0.5, 0.6) is 11.5 Å². The Morgan fingerprint density at radius 2 is 1.64 bits per heavy atom. The number of carboxylic acid groups (broad SMARTS) is 1. The maximum Gasteiger partial charge on any atom is 0.354 e. The average molecular weight is 560 g/mol. The lowest BCUT2D eigenvalue weighted by atomic mass is 10.0. The summed E-state index contributed by atoms with van der Waals surface area (Å²) in [5.41, 5.74) is 9.59. The first-order valence-electron chi connectivity index (χ1n) is 13.1. The third-order valence-corrected chi connectivity index (χ3v) is 7.00. The van der Waals surface area contributed by atoms with E-state index in [1.54, 1.807) is 41.0 Å². The van der Waals surface area contributed by atoms with Gasteiger partial charge in [0, 0.05) is 23.6 Å². The Labute approximate surface area is 240 Å². The monoisotopic (exact) mass is 559 g/mol. The number of ether oxygens (including phenoxy) is 2. The number of nitrogens with zero attached hydrogens (tertiary/aromatic N) is 1. The number of aromatic nitrogens is 1. The van der Waals surface area contributed by atoms with E-state index in [4.69, 9.17) is 15.2 Å². The number of hydrogen-bond donors (Lipinski definition) is 3. The number of fused-ring (bicyclic) bond motifs is 2. The highest BCUT2D eigenvalue weighted by Crippen LogP contribution is 2.39. The van der Waals surface area contributed by atoms with Crippen LogP contribution >= 0.6 is 0 Å². The summed E-state index contributed by atoms with van der Waals surface area (Å²) in [5.74, 6) is -1.01. The van der Waals surface area contributed by atoms with Crippen LogP contribution in [0, 0.1) is 0 Å². The number of rotatable bonds is 8. The van der Waals surface area contributed by atoms with Gasteiger partial charge in [-0.2, -0.15) is 0 Å². The zero-order chi connectivity index (χ0) is 29.2. The lowest BCUT2D eigenvalue weighted by Gasteiger charge is -2.11. The van der Waals surface area contributed by atoms with Gasteiger partial charge in [0.15, 0.2) is 17.2 Å². The second-order valence-electron chi connectivity index (χ2n) is 9.71. The minimum Gasteiger partial charge on any atom is -0.477 e. The van der Waals surface area contributed by atoms with Gasteiger partial charge in [-0.3, -0.25) is 9.59 Å². The topological polar surface area (TPSA) is 133 Å². The van der Waals surface area contributed by atoms with Gasteiger partial charge < -0.3 is 30.2 Å². The van der Waals surface area contributed by atoms with E-state index >= 15 is 0 Å². The third-order valence-electron chi connectivity index (χ3n) is 7.00. The molecule has 2 heterocycles. The Hall–Kier alpha value is -5.83. The van der Waals surface area contributed by atoms with Crippen molar-refractivity contribution in [3.05, 3.63) is 119 Å². The first kappa shape index (κ1) is 26.4. The second-order valence-corrected chi connectivity index (χ2v) is 9.71. The lowest BCUT2D eigenvalue weighted by molar-refractivity contribution is -0.111. The Kier molecular flexibility index (Phi) is 6.90. The van der Waals surface area contributed by atoms with Gasteiger partial charge in [-0.05, 0) is 58.7 Å². The number of carbonyl (C=O) groups is 3. The summed E-state index contributed by atoms with van der Waals surface area (Å²) < 4.78 is 12.6. The summed E-state index contributed by atoms with van der Waals surface area (Å²) >= 11 is 0. The molecule has 9 nitrogen and oxygen atoms in total. The molecule has 6 rings (SSSR count). The van der Waals surface area contributed by atoms with Gasteiger partial charge in [0.25, 0.3) is 0 Å². The van der Waals surface area contributed by atoms with E-state index in [0.717, 1.165) is 16.7 Å². The van der Waals surface area contributed by atoms with Crippen molar-refractivity contribution in [3.8, 4) is 22.6 Å². The smallest absolute Gasteiger partial charge is 0.354 e. The quantitative estimate of drug-likeness (QED) is 0.214. The third kappa shape index (κ3) is 5.18. The Morgan fingerprint density at radius 3 is 2.43 bits per heavy atom. The average Bonchev–Trinajstić information content (AvgIpc) is 3.59. The minimum absolute atomic E-state index is 0.0984. The van der Waals surface area contributed by atoms with Gasteiger partial charge in [0.2, 0.25) is 18.6 Å². The van der Waals surface area contributed by atoms with Crippen molar-refractivity contribution in [1.29, 1.82) is 0 Å². The zero-order valence-electron chi connectivity index (χ0n) is 22.2. The van der Waals surface area contributed by atoms with Crippen molar-refractivity contribution in [1.82, 2.24) is 4.57 Å². The van der Waals surface area contributed by atoms with Crippen LogP contribution in [0.1, 0.15) is 32.0 Å². The molecule has 4 N–H and O–H groups in total. The normalized spacial score (nSPS) is 12.1. The van der Waals surface area contributed by atoms with Crippen LogP contribution in [-0.4, -0.2) is 34.3 Å². The van der Waals surface area contributed by atoms with Crippen LogP contribution in [0.3, 0.4) is 0 Å². The molecule has 0 radical (unpaired) electrons. The van der Waals surface area contributed by atoms with Gasteiger partial charge in [0.1, 0.15) is 0 Å². The zero-order valence-corrected chi connectivity index (χ0v) is 22.2. The number of nitrogens with two attached hydrogens (primary N) is 1. The fourth-order valence-corrected chi connectivity index (χ4v) is 5.02. The van der Waals surface area contributed by atoms with Crippen molar-refractivity contribution < 1.29 is 29.0 Å². The van der Waals surface area contributed by atoms with Gasteiger partial charge in [-0.1, -0.05) is 60.7 Å². The van der Waals surface area contributed by atoms with Crippen LogP contribution in [0.25, 0.3) is 28.1 Å². The largest absolute Gasteiger partial charge is 0.477 e. The summed E-state index contributed by atoms with van der Waals surface area (Å²) in [6, 6.07) is 27.1. The molecule has 0 atom stereocenters. The molecule has 5 aromatic rings. The number of amides is 2. The van der Waals surface area contributed by atoms with Crippen molar-refractivity contribution in [3.63, 3.8) is 0 Å². The maximum atomic E-state index is 13.0. The molecule has 42 heavy (non-hydrogen) atoms. The number of anilines is 1. The molecule has 1 aliphatic rings. The molecular weight excluding hydrogens is 534 g/mol. The first-order chi connectivity index (χ1) is 20.4. The maximum absolute atomic E-state index is 13.0. The SMILES string of the molecule is NC(=O)c1cccc(Cn2c(C(=O)O)c(NC(=O)/C=C/c3ccccc3)c3ccc(-c4ccc5c(c4)OCO5)cc32)c1. The highest BCUT2D eigenvalue weighted by molar-refractivity contribution is 6.14. The Balaban J connectivity index is 1.47. The summed E-state index contributed by atoms with van der Waals surface area (Å²) in [6.07, 6.45) is 3.02. The molecule has 0 fully saturated rings. The molecule has 0 aliphatic carbocycles. The second kappa shape index (κ2) is 11.0. The predicted molar refractivity (Wildman–Crippen MR) is 159 cm³/mol. The van der Waals surface area contributed by atoms with Crippen molar-refractivity contribution in [2.45, 2.75) is 6.54 Å². The molecule has 0 bridgehead atoms. The molecule has 0 saturated heterocycles. The number of benzene rings is 4. The summed E-state index contributed by atoms with van der Waals surface area (Å²) in [5, 5.41) is 13.7.